The van der Waals surface area contributed by atoms with Crippen LogP contribution in [-0.2, 0) is 5.60 Å². The number of nitrogens with one attached hydrogen (secondary N) is 1. The van der Waals surface area contributed by atoms with E-state index in [1.165, 1.54) is 6.33 Å². The molecule has 2 N–H and O–H groups in total. The van der Waals surface area contributed by atoms with Crippen molar-refractivity contribution in [3.05, 3.63) is 53.2 Å². The lowest BCUT2D eigenvalue weighted by Gasteiger charge is -2.43. The maximum absolute atomic E-state index is 13.3. The standard InChI is InChI=1S/C20H21N5O2S/c1-12-7-21-11-22-18(12)20(27)5-15-2-3-16(6-20)25(15)19(26)13-4-17(28-10-13)14-8-23-24-9-14/h4,7-11,15-16,27H,2-3,5-6H2,1H3,(H,23,24). The van der Waals surface area contributed by atoms with Crippen LogP contribution in [0.5, 0.6) is 0 Å². The molecule has 1 amide bonds. The summed E-state index contributed by atoms with van der Waals surface area (Å²) in [6, 6.07) is 2.00. The number of carbonyl (C=O) groups excluding carboxylic acids is 1. The average molecular weight is 395 g/mol. The van der Waals surface area contributed by atoms with Crippen LogP contribution < -0.4 is 0 Å². The number of thiophene rings is 1. The van der Waals surface area contributed by atoms with Gasteiger partial charge in [-0.05, 0) is 31.4 Å². The van der Waals surface area contributed by atoms with E-state index >= 15 is 0 Å². The number of aliphatic hydroxyl groups is 1. The number of amides is 1. The van der Waals surface area contributed by atoms with Crippen molar-refractivity contribution in [3.8, 4) is 10.4 Å². The Bertz CT molecular complexity index is 1000. The lowest BCUT2D eigenvalue weighted by atomic mass is 9.81. The fourth-order valence-corrected chi connectivity index (χ4v) is 5.64. The monoisotopic (exact) mass is 395 g/mol. The second-order valence-corrected chi connectivity index (χ2v) is 8.69. The molecule has 2 bridgehead atoms. The second-order valence-electron chi connectivity index (χ2n) is 7.78. The first kappa shape index (κ1) is 17.5. The topological polar surface area (TPSA) is 95.0 Å². The van der Waals surface area contributed by atoms with E-state index in [1.54, 1.807) is 23.7 Å². The van der Waals surface area contributed by atoms with E-state index in [2.05, 4.69) is 20.2 Å². The first-order valence-electron chi connectivity index (χ1n) is 9.45. The van der Waals surface area contributed by atoms with Crippen molar-refractivity contribution in [2.24, 2.45) is 0 Å². The Balaban J connectivity index is 1.40. The molecule has 2 atom stereocenters. The van der Waals surface area contributed by atoms with Gasteiger partial charge in [0.2, 0.25) is 0 Å². The highest BCUT2D eigenvalue weighted by atomic mass is 32.1. The van der Waals surface area contributed by atoms with Gasteiger partial charge < -0.3 is 10.0 Å². The second kappa shape index (κ2) is 6.49. The van der Waals surface area contributed by atoms with Crippen molar-refractivity contribution in [2.75, 3.05) is 0 Å². The summed E-state index contributed by atoms with van der Waals surface area (Å²) in [7, 11) is 0. The zero-order chi connectivity index (χ0) is 19.3. The molecule has 3 aromatic rings. The van der Waals surface area contributed by atoms with Crippen LogP contribution in [0.3, 0.4) is 0 Å². The summed E-state index contributed by atoms with van der Waals surface area (Å²) in [5.41, 5.74) is 2.30. The van der Waals surface area contributed by atoms with Gasteiger partial charge in [0, 0.05) is 53.1 Å². The van der Waals surface area contributed by atoms with Crippen LogP contribution in [0, 0.1) is 6.92 Å². The number of rotatable bonds is 3. The zero-order valence-corrected chi connectivity index (χ0v) is 16.3. The Hall–Kier alpha value is -2.58. The van der Waals surface area contributed by atoms with Gasteiger partial charge in [0.05, 0.1) is 17.5 Å². The van der Waals surface area contributed by atoms with Gasteiger partial charge in [-0.15, -0.1) is 11.3 Å². The van der Waals surface area contributed by atoms with Crippen LogP contribution in [0.4, 0.5) is 0 Å². The van der Waals surface area contributed by atoms with E-state index in [4.69, 9.17) is 0 Å². The molecular formula is C20H21N5O2S. The Labute approximate surface area is 166 Å². The molecule has 0 radical (unpaired) electrons. The molecule has 28 heavy (non-hydrogen) atoms. The van der Waals surface area contributed by atoms with E-state index in [-0.39, 0.29) is 18.0 Å². The molecule has 5 heterocycles. The highest BCUT2D eigenvalue weighted by Gasteiger charge is 2.51. The third kappa shape index (κ3) is 2.75. The largest absolute Gasteiger partial charge is 0.383 e. The number of piperidine rings is 1. The fourth-order valence-electron chi connectivity index (χ4n) is 4.77. The van der Waals surface area contributed by atoms with Crippen molar-refractivity contribution in [3.63, 3.8) is 0 Å². The number of aromatic nitrogens is 4. The minimum absolute atomic E-state index is 0.0305. The molecule has 144 valence electrons. The fraction of sp³-hybridized carbons (Fsp3) is 0.400. The quantitative estimate of drug-likeness (QED) is 0.711. The van der Waals surface area contributed by atoms with Crippen molar-refractivity contribution in [1.82, 2.24) is 25.1 Å². The van der Waals surface area contributed by atoms with Crippen LogP contribution in [0.1, 0.15) is 47.3 Å². The molecule has 2 aliphatic heterocycles. The first-order chi connectivity index (χ1) is 13.5. The molecular weight excluding hydrogens is 374 g/mol. The number of carbonyl (C=O) groups is 1. The molecule has 2 saturated heterocycles. The summed E-state index contributed by atoms with van der Waals surface area (Å²) in [5, 5.41) is 20.1. The Morgan fingerprint density at radius 2 is 2.11 bits per heavy atom. The van der Waals surface area contributed by atoms with Gasteiger partial charge in [-0.25, -0.2) is 9.97 Å². The zero-order valence-electron chi connectivity index (χ0n) is 15.5. The molecule has 0 aliphatic carbocycles. The molecule has 2 aliphatic rings. The number of fused-ring (bicyclic) bond motifs is 2. The molecule has 0 saturated carbocycles. The molecule has 2 fully saturated rings. The van der Waals surface area contributed by atoms with Gasteiger partial charge in [0.1, 0.15) is 11.9 Å². The number of hydrogen-bond donors (Lipinski definition) is 2. The number of aromatic amines is 1. The lowest BCUT2D eigenvalue weighted by molar-refractivity contribution is -0.0513. The normalized spacial score (nSPS) is 26.6. The molecule has 0 aromatic carbocycles. The van der Waals surface area contributed by atoms with Gasteiger partial charge in [0.25, 0.3) is 5.91 Å². The number of nitrogens with zero attached hydrogens (tertiary/aromatic N) is 4. The van der Waals surface area contributed by atoms with Gasteiger partial charge in [-0.3, -0.25) is 9.89 Å². The number of aryl methyl sites for hydroxylation is 1. The maximum Gasteiger partial charge on any atom is 0.255 e. The Kier molecular flexibility index (Phi) is 4.06. The molecule has 3 aromatic heterocycles. The van der Waals surface area contributed by atoms with Crippen molar-refractivity contribution < 1.29 is 9.90 Å². The van der Waals surface area contributed by atoms with Crippen molar-refractivity contribution >= 4 is 17.2 Å². The summed E-state index contributed by atoms with van der Waals surface area (Å²) in [6.07, 6.45) is 9.69. The Morgan fingerprint density at radius 1 is 1.32 bits per heavy atom. The van der Waals surface area contributed by atoms with Crippen molar-refractivity contribution in [1.29, 1.82) is 0 Å². The van der Waals surface area contributed by atoms with Gasteiger partial charge in [0.15, 0.2) is 0 Å². The molecule has 0 spiro atoms. The summed E-state index contributed by atoms with van der Waals surface area (Å²) >= 11 is 1.55. The lowest BCUT2D eigenvalue weighted by Crippen LogP contribution is -2.52. The molecule has 7 nitrogen and oxygen atoms in total. The van der Waals surface area contributed by atoms with Crippen LogP contribution in [0.25, 0.3) is 10.4 Å². The van der Waals surface area contributed by atoms with Gasteiger partial charge >= 0.3 is 0 Å². The maximum atomic E-state index is 13.3. The summed E-state index contributed by atoms with van der Waals surface area (Å²) in [4.78, 5) is 24.7. The smallest absolute Gasteiger partial charge is 0.255 e. The third-order valence-corrected chi connectivity index (χ3v) is 6.95. The molecule has 8 heteroatoms. The molecule has 2 unspecified atom stereocenters. The van der Waals surface area contributed by atoms with Crippen LogP contribution in [0.15, 0.2) is 36.4 Å². The summed E-state index contributed by atoms with van der Waals surface area (Å²) in [6.45, 7) is 1.93. The molecule has 5 rings (SSSR count). The summed E-state index contributed by atoms with van der Waals surface area (Å²) < 4.78 is 0. The predicted molar refractivity (Wildman–Crippen MR) is 105 cm³/mol. The third-order valence-electron chi connectivity index (χ3n) is 5.97. The summed E-state index contributed by atoms with van der Waals surface area (Å²) in [5.74, 6) is 0.0555. The van der Waals surface area contributed by atoms with E-state index in [1.807, 2.05) is 29.5 Å². The highest BCUT2D eigenvalue weighted by Crippen LogP contribution is 2.46. The Morgan fingerprint density at radius 3 is 2.79 bits per heavy atom. The van der Waals surface area contributed by atoms with E-state index in [9.17, 15) is 9.90 Å². The van der Waals surface area contributed by atoms with Crippen LogP contribution in [-0.4, -0.2) is 48.2 Å². The van der Waals surface area contributed by atoms with Gasteiger partial charge in [-0.1, -0.05) is 0 Å². The minimum Gasteiger partial charge on any atom is -0.383 e. The van der Waals surface area contributed by atoms with Crippen molar-refractivity contribution in [2.45, 2.75) is 50.3 Å². The average Bonchev–Trinajstić information content (AvgIpc) is 3.41. The van der Waals surface area contributed by atoms with Gasteiger partial charge in [-0.2, -0.15) is 5.10 Å². The van der Waals surface area contributed by atoms with Crippen LogP contribution in [0.2, 0.25) is 0 Å². The SMILES string of the molecule is Cc1cncnc1C1(O)CC2CCC(C1)N2C(=O)c1csc(-c2cn[nH]c2)c1. The highest BCUT2D eigenvalue weighted by molar-refractivity contribution is 7.13. The van der Waals surface area contributed by atoms with Crippen LogP contribution >= 0.6 is 11.3 Å². The number of hydrogen-bond acceptors (Lipinski definition) is 6. The van der Waals surface area contributed by atoms with E-state index in [0.717, 1.165) is 28.8 Å². The minimum atomic E-state index is -0.994. The predicted octanol–water partition coefficient (Wildman–Crippen LogP) is 2.89. The first-order valence-corrected chi connectivity index (χ1v) is 10.3. The van der Waals surface area contributed by atoms with E-state index < -0.39 is 5.60 Å². The number of H-pyrrole nitrogens is 1. The van der Waals surface area contributed by atoms with E-state index in [0.29, 0.717) is 24.1 Å².